The van der Waals surface area contributed by atoms with Crippen LogP contribution >= 0.6 is 27.3 Å². The van der Waals surface area contributed by atoms with E-state index in [1.807, 2.05) is 6.07 Å². The summed E-state index contributed by atoms with van der Waals surface area (Å²) in [4.78, 5) is 0. The van der Waals surface area contributed by atoms with Crippen molar-refractivity contribution in [1.29, 1.82) is 0 Å². The fraction of sp³-hybridized carbons (Fsp3) is 0. The van der Waals surface area contributed by atoms with Gasteiger partial charge in [0.2, 0.25) is 0 Å². The van der Waals surface area contributed by atoms with Crippen molar-refractivity contribution in [3.05, 3.63) is 40.2 Å². The zero-order valence-electron chi connectivity index (χ0n) is 7.70. The van der Waals surface area contributed by atoms with E-state index in [0.29, 0.717) is 5.75 Å². The number of hydrogen-bond donors (Lipinski definition) is 1. The summed E-state index contributed by atoms with van der Waals surface area (Å²) in [6.07, 6.45) is 0. The Hall–Kier alpha value is -1.06. The van der Waals surface area contributed by atoms with E-state index >= 15 is 0 Å². The number of phenols is 1. The van der Waals surface area contributed by atoms with E-state index in [-0.39, 0.29) is 0 Å². The molecule has 0 aliphatic rings. The minimum absolute atomic E-state index is 0.313. The zero-order chi connectivity index (χ0) is 10.4. The lowest BCUT2D eigenvalue weighted by atomic mass is 10.1. The Morgan fingerprint density at radius 1 is 1.07 bits per heavy atom. The molecule has 74 valence electrons. The first-order valence-corrected chi connectivity index (χ1v) is 6.21. The molecule has 1 nitrogen and oxygen atoms in total. The van der Waals surface area contributed by atoms with E-state index in [2.05, 4.69) is 33.4 Å². The van der Waals surface area contributed by atoms with Crippen LogP contribution in [0.1, 0.15) is 0 Å². The summed E-state index contributed by atoms with van der Waals surface area (Å²) in [5.41, 5.74) is 0. The topological polar surface area (TPSA) is 20.2 Å². The lowest BCUT2D eigenvalue weighted by Gasteiger charge is -1.99. The van der Waals surface area contributed by atoms with Crippen LogP contribution < -0.4 is 0 Å². The molecule has 0 fully saturated rings. The number of halogens is 1. The van der Waals surface area contributed by atoms with Gasteiger partial charge in [0.25, 0.3) is 0 Å². The highest BCUT2D eigenvalue weighted by molar-refractivity contribution is 9.10. The van der Waals surface area contributed by atoms with Crippen LogP contribution in [0.3, 0.4) is 0 Å². The van der Waals surface area contributed by atoms with Gasteiger partial charge in [-0.15, -0.1) is 11.3 Å². The van der Waals surface area contributed by atoms with Gasteiger partial charge in [-0.1, -0.05) is 6.07 Å². The van der Waals surface area contributed by atoms with Gasteiger partial charge in [-0.05, 0) is 51.0 Å². The third kappa shape index (κ3) is 1.43. The van der Waals surface area contributed by atoms with Gasteiger partial charge in [0.1, 0.15) is 5.75 Å². The molecule has 0 unspecified atom stereocenters. The van der Waals surface area contributed by atoms with Crippen LogP contribution in [0, 0.1) is 0 Å². The normalized spacial score (nSPS) is 11.3. The average Bonchev–Trinajstić information content (AvgIpc) is 2.57. The number of benzene rings is 2. The maximum Gasteiger partial charge on any atom is 0.116 e. The number of phenolic OH excluding ortho intramolecular Hbond substituents is 1. The third-order valence-corrected chi connectivity index (χ3v) is 4.37. The lowest BCUT2D eigenvalue weighted by Crippen LogP contribution is -1.72. The minimum atomic E-state index is 0.313. The summed E-state index contributed by atoms with van der Waals surface area (Å²) in [7, 11) is 0. The van der Waals surface area contributed by atoms with E-state index in [1.54, 1.807) is 23.5 Å². The predicted octanol–water partition coefficient (Wildman–Crippen LogP) is 4.52. The van der Waals surface area contributed by atoms with Crippen molar-refractivity contribution in [2.75, 3.05) is 0 Å². The van der Waals surface area contributed by atoms with Gasteiger partial charge in [-0.2, -0.15) is 0 Å². The molecule has 0 radical (unpaired) electrons. The Morgan fingerprint density at radius 3 is 2.80 bits per heavy atom. The molecule has 15 heavy (non-hydrogen) atoms. The molecule has 0 aliphatic carbocycles. The van der Waals surface area contributed by atoms with Crippen LogP contribution in [0.4, 0.5) is 0 Å². The highest BCUT2D eigenvalue weighted by Gasteiger charge is 2.03. The van der Waals surface area contributed by atoms with Gasteiger partial charge in [0.15, 0.2) is 0 Å². The fourth-order valence-electron chi connectivity index (χ4n) is 1.73. The second kappa shape index (κ2) is 3.22. The van der Waals surface area contributed by atoms with Crippen LogP contribution in [-0.2, 0) is 0 Å². The van der Waals surface area contributed by atoms with Crippen molar-refractivity contribution in [3.63, 3.8) is 0 Å². The summed E-state index contributed by atoms with van der Waals surface area (Å²) >= 11 is 5.24. The van der Waals surface area contributed by atoms with Crippen molar-refractivity contribution in [2.24, 2.45) is 0 Å². The van der Waals surface area contributed by atoms with Gasteiger partial charge in [0.05, 0.1) is 0 Å². The minimum Gasteiger partial charge on any atom is -0.508 e. The summed E-state index contributed by atoms with van der Waals surface area (Å²) in [5.74, 6) is 0.313. The standard InChI is InChI=1S/C12H7BrOS/c13-11-6-15-12-5-7-1-2-9(14)3-8(7)4-10(11)12/h1-6,14H. The number of rotatable bonds is 0. The summed E-state index contributed by atoms with van der Waals surface area (Å²) in [6.45, 7) is 0. The van der Waals surface area contributed by atoms with E-state index < -0.39 is 0 Å². The van der Waals surface area contributed by atoms with E-state index in [0.717, 1.165) is 15.2 Å². The molecule has 0 amide bonds. The molecular weight excluding hydrogens is 272 g/mol. The fourth-order valence-corrected chi connectivity index (χ4v) is 3.31. The average molecular weight is 279 g/mol. The number of aromatic hydroxyl groups is 1. The monoisotopic (exact) mass is 278 g/mol. The second-order valence-electron chi connectivity index (χ2n) is 3.46. The summed E-state index contributed by atoms with van der Waals surface area (Å²) < 4.78 is 2.38. The number of fused-ring (bicyclic) bond motifs is 2. The largest absolute Gasteiger partial charge is 0.508 e. The van der Waals surface area contributed by atoms with Crippen molar-refractivity contribution in [3.8, 4) is 5.75 Å². The smallest absolute Gasteiger partial charge is 0.116 e. The van der Waals surface area contributed by atoms with Crippen molar-refractivity contribution < 1.29 is 5.11 Å². The quantitative estimate of drug-likeness (QED) is 0.641. The van der Waals surface area contributed by atoms with Crippen molar-refractivity contribution >= 4 is 48.1 Å². The Balaban J connectivity index is 2.50. The van der Waals surface area contributed by atoms with Crippen molar-refractivity contribution in [1.82, 2.24) is 0 Å². The van der Waals surface area contributed by atoms with E-state index in [9.17, 15) is 5.11 Å². The molecule has 1 aromatic heterocycles. The lowest BCUT2D eigenvalue weighted by molar-refractivity contribution is 0.476. The summed E-state index contributed by atoms with van der Waals surface area (Å²) in [6, 6.07) is 9.71. The zero-order valence-corrected chi connectivity index (χ0v) is 10.1. The highest BCUT2D eigenvalue weighted by atomic mass is 79.9. The van der Waals surface area contributed by atoms with E-state index in [4.69, 9.17) is 0 Å². The number of hydrogen-bond acceptors (Lipinski definition) is 2. The van der Waals surface area contributed by atoms with Crippen LogP contribution in [0.25, 0.3) is 20.9 Å². The molecule has 0 bridgehead atoms. The molecule has 1 N–H and O–H groups in total. The van der Waals surface area contributed by atoms with Crippen LogP contribution in [0.2, 0.25) is 0 Å². The molecule has 1 heterocycles. The van der Waals surface area contributed by atoms with Crippen LogP contribution in [0.15, 0.2) is 40.2 Å². The molecule has 3 heteroatoms. The molecule has 0 saturated heterocycles. The Morgan fingerprint density at radius 2 is 1.93 bits per heavy atom. The van der Waals surface area contributed by atoms with Gasteiger partial charge in [0, 0.05) is 19.9 Å². The first-order valence-electron chi connectivity index (χ1n) is 4.53. The second-order valence-corrected chi connectivity index (χ2v) is 5.23. The predicted molar refractivity (Wildman–Crippen MR) is 68.7 cm³/mol. The van der Waals surface area contributed by atoms with Gasteiger partial charge in [-0.3, -0.25) is 0 Å². The Bertz CT molecular complexity index is 657. The van der Waals surface area contributed by atoms with Gasteiger partial charge >= 0.3 is 0 Å². The third-order valence-electron chi connectivity index (χ3n) is 2.47. The molecular formula is C12H7BrOS. The van der Waals surface area contributed by atoms with Gasteiger partial charge < -0.3 is 5.11 Å². The Labute approximate surface area is 99.1 Å². The van der Waals surface area contributed by atoms with Gasteiger partial charge in [-0.25, -0.2) is 0 Å². The van der Waals surface area contributed by atoms with E-state index in [1.165, 1.54) is 10.1 Å². The SMILES string of the molecule is Oc1ccc2cc3scc(Br)c3cc2c1. The molecule has 0 aliphatic heterocycles. The molecule has 3 rings (SSSR count). The molecule has 3 aromatic rings. The maximum absolute atomic E-state index is 9.41. The summed E-state index contributed by atoms with van der Waals surface area (Å²) in [5, 5.41) is 14.9. The molecule has 0 atom stereocenters. The molecule has 0 spiro atoms. The highest BCUT2D eigenvalue weighted by Crippen LogP contribution is 2.34. The Kier molecular flexibility index (Phi) is 1.97. The molecule has 2 aromatic carbocycles. The first-order chi connectivity index (χ1) is 7.24. The molecule has 0 saturated carbocycles. The number of thiophene rings is 1. The van der Waals surface area contributed by atoms with Crippen molar-refractivity contribution in [2.45, 2.75) is 0 Å². The maximum atomic E-state index is 9.41. The van der Waals surface area contributed by atoms with Crippen LogP contribution in [-0.4, -0.2) is 5.11 Å². The first kappa shape index (κ1) is 9.19. The van der Waals surface area contributed by atoms with Crippen LogP contribution in [0.5, 0.6) is 5.75 Å².